The zero-order chi connectivity index (χ0) is 6.27. The molecule has 9 heavy (non-hydrogen) atoms. The Labute approximate surface area is 54.1 Å². The third kappa shape index (κ3) is 0.669. The molecule has 0 amide bonds. The highest BCUT2D eigenvalue weighted by atomic mass is 16.3. The lowest BCUT2D eigenvalue weighted by atomic mass is 10.3. The van der Waals surface area contributed by atoms with Crippen LogP contribution in [-0.4, -0.2) is 11.9 Å². The van der Waals surface area contributed by atoms with Gasteiger partial charge in [-0.1, -0.05) is 0 Å². The van der Waals surface area contributed by atoms with E-state index in [0.717, 1.165) is 18.8 Å². The zero-order valence-corrected chi connectivity index (χ0v) is 5.42. The number of hydrogen-bond donors (Lipinski definition) is 0. The van der Waals surface area contributed by atoms with Crippen molar-refractivity contribution in [2.75, 3.05) is 7.05 Å². The quantitative estimate of drug-likeness (QED) is 0.515. The topological polar surface area (TPSA) is 16.4 Å². The zero-order valence-electron chi connectivity index (χ0n) is 5.42. The molecule has 1 aliphatic rings. The molecule has 2 heteroatoms. The fraction of sp³-hybridized carbons (Fsp3) is 0.429. The van der Waals surface area contributed by atoms with Crippen LogP contribution in [0.1, 0.15) is 11.3 Å². The summed E-state index contributed by atoms with van der Waals surface area (Å²) in [6.45, 7) is 2.02. The first-order valence-electron chi connectivity index (χ1n) is 3.10. The number of furan rings is 1. The molecule has 0 aromatic carbocycles. The van der Waals surface area contributed by atoms with Crippen LogP contribution in [0.5, 0.6) is 0 Å². The summed E-state index contributed by atoms with van der Waals surface area (Å²) in [5.41, 5.74) is 1.34. The highest BCUT2D eigenvalue weighted by Gasteiger charge is 2.17. The Hall–Kier alpha value is -0.760. The lowest BCUT2D eigenvalue weighted by molar-refractivity contribution is 0.327. The van der Waals surface area contributed by atoms with Crippen molar-refractivity contribution in [2.45, 2.75) is 13.1 Å². The van der Waals surface area contributed by atoms with Crippen LogP contribution in [0.3, 0.4) is 0 Å². The van der Waals surface area contributed by atoms with Crippen LogP contribution in [-0.2, 0) is 13.1 Å². The number of rotatable bonds is 0. The minimum Gasteiger partial charge on any atom is -0.468 e. The molecule has 0 bridgehead atoms. The molecule has 0 radical (unpaired) electrons. The van der Waals surface area contributed by atoms with Gasteiger partial charge in [0.2, 0.25) is 0 Å². The second-order valence-electron chi connectivity index (χ2n) is 2.54. The van der Waals surface area contributed by atoms with E-state index >= 15 is 0 Å². The molecule has 0 unspecified atom stereocenters. The van der Waals surface area contributed by atoms with Crippen LogP contribution in [0.15, 0.2) is 16.7 Å². The molecular weight excluding hydrogens is 114 g/mol. The van der Waals surface area contributed by atoms with Gasteiger partial charge in [-0.05, 0) is 13.1 Å². The van der Waals surface area contributed by atoms with Gasteiger partial charge in [-0.25, -0.2) is 0 Å². The molecule has 0 aliphatic carbocycles. The predicted octanol–water partition coefficient (Wildman–Crippen LogP) is 1.23. The highest BCUT2D eigenvalue weighted by Crippen LogP contribution is 2.21. The second kappa shape index (κ2) is 1.61. The molecule has 1 aromatic heterocycles. The minimum absolute atomic E-state index is 0.975. The molecule has 2 heterocycles. The van der Waals surface area contributed by atoms with Crippen molar-refractivity contribution >= 4 is 0 Å². The van der Waals surface area contributed by atoms with Gasteiger partial charge in [0, 0.05) is 12.1 Å². The highest BCUT2D eigenvalue weighted by molar-refractivity contribution is 5.20. The van der Waals surface area contributed by atoms with Crippen molar-refractivity contribution in [3.63, 3.8) is 0 Å². The standard InChI is InChI=1S/C7H9NO/c1-8-4-6-2-3-9-7(6)5-8/h2-3H,4-5H2,1H3. The summed E-state index contributed by atoms with van der Waals surface area (Å²) >= 11 is 0. The van der Waals surface area contributed by atoms with E-state index in [4.69, 9.17) is 4.42 Å². The van der Waals surface area contributed by atoms with Gasteiger partial charge in [0.1, 0.15) is 5.76 Å². The average molecular weight is 123 g/mol. The number of hydrogen-bond acceptors (Lipinski definition) is 2. The Morgan fingerprint density at radius 2 is 2.44 bits per heavy atom. The Bertz CT molecular complexity index is 196. The maximum absolute atomic E-state index is 5.20. The normalized spacial score (nSPS) is 18.3. The molecule has 0 atom stereocenters. The van der Waals surface area contributed by atoms with Crippen LogP contribution < -0.4 is 0 Å². The van der Waals surface area contributed by atoms with Crippen LogP contribution in [0, 0.1) is 0 Å². The summed E-state index contributed by atoms with van der Waals surface area (Å²) in [5.74, 6) is 1.14. The van der Waals surface area contributed by atoms with Crippen LogP contribution in [0.25, 0.3) is 0 Å². The molecular formula is C7H9NO. The van der Waals surface area contributed by atoms with E-state index in [1.54, 1.807) is 6.26 Å². The maximum atomic E-state index is 5.20. The van der Waals surface area contributed by atoms with Crippen molar-refractivity contribution in [1.29, 1.82) is 0 Å². The number of fused-ring (bicyclic) bond motifs is 1. The van der Waals surface area contributed by atoms with E-state index in [0.29, 0.717) is 0 Å². The molecule has 0 saturated carbocycles. The van der Waals surface area contributed by atoms with Gasteiger partial charge < -0.3 is 4.42 Å². The molecule has 0 N–H and O–H groups in total. The molecule has 0 saturated heterocycles. The van der Waals surface area contributed by atoms with E-state index < -0.39 is 0 Å². The van der Waals surface area contributed by atoms with Gasteiger partial charge in [0.15, 0.2) is 0 Å². The van der Waals surface area contributed by atoms with Crippen molar-refractivity contribution in [3.8, 4) is 0 Å². The predicted molar refractivity (Wildman–Crippen MR) is 33.9 cm³/mol. The number of nitrogens with zero attached hydrogens (tertiary/aromatic N) is 1. The third-order valence-electron chi connectivity index (χ3n) is 1.69. The average Bonchev–Trinajstić information content (AvgIpc) is 2.22. The van der Waals surface area contributed by atoms with Gasteiger partial charge in [-0.15, -0.1) is 0 Å². The molecule has 2 nitrogen and oxygen atoms in total. The van der Waals surface area contributed by atoms with Crippen molar-refractivity contribution in [3.05, 3.63) is 23.7 Å². The third-order valence-corrected chi connectivity index (χ3v) is 1.69. The summed E-state index contributed by atoms with van der Waals surface area (Å²) in [5, 5.41) is 0. The smallest absolute Gasteiger partial charge is 0.122 e. The van der Waals surface area contributed by atoms with Crippen LogP contribution >= 0.6 is 0 Å². The Balaban J connectivity index is 2.39. The summed E-state index contributed by atoms with van der Waals surface area (Å²) in [6, 6.07) is 2.04. The van der Waals surface area contributed by atoms with E-state index in [1.165, 1.54) is 5.56 Å². The van der Waals surface area contributed by atoms with E-state index in [-0.39, 0.29) is 0 Å². The van der Waals surface area contributed by atoms with Crippen LogP contribution in [0.4, 0.5) is 0 Å². The van der Waals surface area contributed by atoms with E-state index in [9.17, 15) is 0 Å². The molecule has 48 valence electrons. The van der Waals surface area contributed by atoms with E-state index in [2.05, 4.69) is 11.9 Å². The summed E-state index contributed by atoms with van der Waals surface area (Å²) in [4.78, 5) is 2.23. The Morgan fingerprint density at radius 3 is 3.22 bits per heavy atom. The lowest BCUT2D eigenvalue weighted by Gasteiger charge is -2.02. The minimum atomic E-state index is 0.975. The van der Waals surface area contributed by atoms with Gasteiger partial charge in [0.25, 0.3) is 0 Å². The lowest BCUT2D eigenvalue weighted by Crippen LogP contribution is -2.07. The van der Waals surface area contributed by atoms with Gasteiger partial charge in [-0.2, -0.15) is 0 Å². The maximum Gasteiger partial charge on any atom is 0.122 e. The first-order valence-corrected chi connectivity index (χ1v) is 3.10. The Kier molecular flexibility index (Phi) is 0.904. The Morgan fingerprint density at radius 1 is 1.56 bits per heavy atom. The van der Waals surface area contributed by atoms with Gasteiger partial charge >= 0.3 is 0 Å². The molecule has 0 spiro atoms. The van der Waals surface area contributed by atoms with Crippen molar-refractivity contribution < 1.29 is 4.42 Å². The molecule has 1 aromatic rings. The van der Waals surface area contributed by atoms with Crippen molar-refractivity contribution in [2.24, 2.45) is 0 Å². The monoisotopic (exact) mass is 123 g/mol. The summed E-state index contributed by atoms with van der Waals surface area (Å²) in [7, 11) is 2.09. The first-order chi connectivity index (χ1) is 4.36. The fourth-order valence-corrected chi connectivity index (χ4v) is 1.24. The first kappa shape index (κ1) is 5.06. The SMILES string of the molecule is CN1Cc2ccoc2C1. The van der Waals surface area contributed by atoms with Gasteiger partial charge in [-0.3, -0.25) is 4.90 Å². The van der Waals surface area contributed by atoms with Crippen LogP contribution in [0.2, 0.25) is 0 Å². The summed E-state index contributed by atoms with van der Waals surface area (Å²) < 4.78 is 5.20. The second-order valence-corrected chi connectivity index (χ2v) is 2.54. The van der Waals surface area contributed by atoms with E-state index in [1.807, 2.05) is 6.07 Å². The summed E-state index contributed by atoms with van der Waals surface area (Å²) in [6.07, 6.45) is 1.76. The largest absolute Gasteiger partial charge is 0.468 e. The fourth-order valence-electron chi connectivity index (χ4n) is 1.24. The van der Waals surface area contributed by atoms with Crippen molar-refractivity contribution in [1.82, 2.24) is 4.90 Å². The molecule has 0 fully saturated rings. The molecule has 2 rings (SSSR count). The van der Waals surface area contributed by atoms with Gasteiger partial charge in [0.05, 0.1) is 12.8 Å². The molecule has 1 aliphatic heterocycles.